The van der Waals surface area contributed by atoms with E-state index >= 15 is 0 Å². The summed E-state index contributed by atoms with van der Waals surface area (Å²) in [6, 6.07) is 9.62. The Morgan fingerprint density at radius 2 is 2.00 bits per heavy atom. The van der Waals surface area contributed by atoms with Crippen molar-refractivity contribution in [2.75, 3.05) is 18.5 Å². The van der Waals surface area contributed by atoms with Gasteiger partial charge < -0.3 is 19.4 Å². The first-order valence-electron chi connectivity index (χ1n) is 10.1. The van der Waals surface area contributed by atoms with Crippen molar-refractivity contribution in [1.82, 2.24) is 4.57 Å². The standard InChI is InChI=1S/C23H25N3O5/c1-15-12-20(16(2)26(15)13-19-4-3-11-30-19)21(27)14-31-23(29)17-5-7-18(8-6-17)25-22(28)9-10-24/h5-8,12,19H,3-4,9,11,13-14H2,1-2H3,(H,25,28)/t19-/m1/s1. The van der Waals surface area contributed by atoms with Crippen LogP contribution in [0.15, 0.2) is 30.3 Å². The number of nitriles is 1. The molecule has 1 amide bonds. The minimum absolute atomic E-state index is 0.165. The fourth-order valence-electron chi connectivity index (χ4n) is 3.62. The summed E-state index contributed by atoms with van der Waals surface area (Å²) >= 11 is 0. The average Bonchev–Trinajstić information content (AvgIpc) is 3.36. The maximum atomic E-state index is 12.6. The molecule has 31 heavy (non-hydrogen) atoms. The average molecular weight is 423 g/mol. The Balaban J connectivity index is 1.57. The van der Waals surface area contributed by atoms with Crippen molar-refractivity contribution in [3.8, 4) is 6.07 Å². The lowest BCUT2D eigenvalue weighted by Crippen LogP contribution is -2.18. The van der Waals surface area contributed by atoms with E-state index in [0.717, 1.165) is 30.8 Å². The molecule has 8 nitrogen and oxygen atoms in total. The summed E-state index contributed by atoms with van der Waals surface area (Å²) in [5.41, 5.74) is 3.07. The molecule has 0 aliphatic carbocycles. The SMILES string of the molecule is Cc1cc(C(=O)COC(=O)c2ccc(NC(=O)CC#N)cc2)c(C)n1C[C@H]1CCCO1. The molecule has 0 radical (unpaired) electrons. The van der Waals surface area contributed by atoms with E-state index in [-0.39, 0.29) is 30.5 Å². The summed E-state index contributed by atoms with van der Waals surface area (Å²) in [6.07, 6.45) is 1.98. The minimum atomic E-state index is -0.628. The molecule has 2 heterocycles. The number of ketones is 1. The van der Waals surface area contributed by atoms with E-state index in [1.807, 2.05) is 19.9 Å². The van der Waals surface area contributed by atoms with E-state index in [1.54, 1.807) is 6.07 Å². The zero-order valence-corrected chi connectivity index (χ0v) is 17.6. The molecule has 0 saturated carbocycles. The number of hydrogen-bond donors (Lipinski definition) is 1. The topological polar surface area (TPSA) is 110 Å². The molecule has 1 aromatic carbocycles. The number of benzene rings is 1. The summed E-state index contributed by atoms with van der Waals surface area (Å²) in [5, 5.41) is 11.0. The number of Topliss-reactive ketones (excluding diaryl/α,β-unsaturated/α-hetero) is 1. The molecule has 1 N–H and O–H groups in total. The van der Waals surface area contributed by atoms with Gasteiger partial charge in [0, 0.05) is 35.8 Å². The van der Waals surface area contributed by atoms with Crippen LogP contribution in [-0.4, -0.2) is 41.5 Å². The predicted octanol–water partition coefficient (Wildman–Crippen LogP) is 3.18. The molecule has 1 saturated heterocycles. The number of nitrogens with zero attached hydrogens (tertiary/aromatic N) is 2. The Morgan fingerprint density at radius 3 is 2.65 bits per heavy atom. The Labute approximate surface area is 180 Å². The molecule has 1 aliphatic heterocycles. The lowest BCUT2D eigenvalue weighted by Gasteiger charge is -2.14. The van der Waals surface area contributed by atoms with E-state index < -0.39 is 11.9 Å². The van der Waals surface area contributed by atoms with Gasteiger partial charge in [-0.3, -0.25) is 9.59 Å². The molecule has 3 rings (SSSR count). The van der Waals surface area contributed by atoms with Crippen molar-refractivity contribution in [3.63, 3.8) is 0 Å². The highest BCUT2D eigenvalue weighted by molar-refractivity contribution is 6.00. The second kappa shape index (κ2) is 10.0. The van der Waals surface area contributed by atoms with Crippen LogP contribution in [0.2, 0.25) is 0 Å². The summed E-state index contributed by atoms with van der Waals surface area (Å²) in [7, 11) is 0. The van der Waals surface area contributed by atoms with Gasteiger partial charge in [0.15, 0.2) is 6.61 Å². The van der Waals surface area contributed by atoms with Crippen LogP contribution in [0.4, 0.5) is 5.69 Å². The van der Waals surface area contributed by atoms with Crippen LogP contribution < -0.4 is 5.32 Å². The van der Waals surface area contributed by atoms with Crippen molar-refractivity contribution >= 4 is 23.3 Å². The maximum Gasteiger partial charge on any atom is 0.338 e. The summed E-state index contributed by atoms with van der Waals surface area (Å²) < 4.78 is 13.0. The summed E-state index contributed by atoms with van der Waals surface area (Å²) in [4.78, 5) is 36.3. The number of hydrogen-bond acceptors (Lipinski definition) is 6. The molecular formula is C23H25N3O5. The van der Waals surface area contributed by atoms with Gasteiger partial charge in [-0.2, -0.15) is 5.26 Å². The number of carbonyl (C=O) groups is 3. The third-order valence-corrected chi connectivity index (χ3v) is 5.26. The highest BCUT2D eigenvalue weighted by Gasteiger charge is 2.22. The number of esters is 1. The van der Waals surface area contributed by atoms with Gasteiger partial charge in [0.1, 0.15) is 6.42 Å². The van der Waals surface area contributed by atoms with Crippen molar-refractivity contribution in [2.45, 2.75) is 45.8 Å². The number of anilines is 1. The lowest BCUT2D eigenvalue weighted by molar-refractivity contribution is -0.115. The van der Waals surface area contributed by atoms with Crippen LogP contribution >= 0.6 is 0 Å². The zero-order valence-electron chi connectivity index (χ0n) is 17.6. The van der Waals surface area contributed by atoms with Crippen LogP contribution in [-0.2, 0) is 20.8 Å². The molecule has 1 fully saturated rings. The number of aryl methyl sites for hydroxylation is 1. The molecule has 1 atom stereocenters. The van der Waals surface area contributed by atoms with Crippen LogP contribution in [0, 0.1) is 25.2 Å². The lowest BCUT2D eigenvalue weighted by atomic mass is 10.1. The van der Waals surface area contributed by atoms with Gasteiger partial charge in [0.05, 0.1) is 17.7 Å². The highest BCUT2D eigenvalue weighted by Crippen LogP contribution is 2.21. The van der Waals surface area contributed by atoms with Crippen LogP contribution in [0.5, 0.6) is 0 Å². The summed E-state index contributed by atoms with van der Waals surface area (Å²) in [5.74, 6) is -1.32. The van der Waals surface area contributed by atoms with Gasteiger partial charge in [-0.25, -0.2) is 4.79 Å². The second-order valence-electron chi connectivity index (χ2n) is 7.49. The number of amides is 1. The molecule has 0 spiro atoms. The van der Waals surface area contributed by atoms with Gasteiger partial charge in [-0.1, -0.05) is 0 Å². The third-order valence-electron chi connectivity index (χ3n) is 5.26. The molecular weight excluding hydrogens is 398 g/mol. The summed E-state index contributed by atoms with van der Waals surface area (Å²) in [6.45, 7) is 4.96. The number of carbonyl (C=O) groups excluding carboxylic acids is 3. The fourth-order valence-corrected chi connectivity index (χ4v) is 3.62. The molecule has 1 aliphatic rings. The van der Waals surface area contributed by atoms with Crippen LogP contribution in [0.1, 0.15) is 51.4 Å². The molecule has 162 valence electrons. The van der Waals surface area contributed by atoms with E-state index in [4.69, 9.17) is 14.7 Å². The monoisotopic (exact) mass is 423 g/mol. The molecule has 2 aromatic rings. The molecule has 8 heteroatoms. The zero-order chi connectivity index (χ0) is 22.4. The van der Waals surface area contributed by atoms with E-state index in [0.29, 0.717) is 17.8 Å². The van der Waals surface area contributed by atoms with Crippen LogP contribution in [0.3, 0.4) is 0 Å². The van der Waals surface area contributed by atoms with Crippen molar-refractivity contribution in [1.29, 1.82) is 5.26 Å². The first-order chi connectivity index (χ1) is 14.9. The van der Waals surface area contributed by atoms with E-state index in [2.05, 4.69) is 9.88 Å². The molecule has 1 aromatic heterocycles. The predicted molar refractivity (Wildman–Crippen MR) is 113 cm³/mol. The Morgan fingerprint density at radius 1 is 1.26 bits per heavy atom. The third kappa shape index (κ3) is 5.58. The van der Waals surface area contributed by atoms with Crippen molar-refractivity contribution < 1.29 is 23.9 Å². The van der Waals surface area contributed by atoms with Crippen molar-refractivity contribution in [3.05, 3.63) is 52.8 Å². The van der Waals surface area contributed by atoms with Gasteiger partial charge >= 0.3 is 5.97 Å². The number of rotatable bonds is 8. The first-order valence-corrected chi connectivity index (χ1v) is 10.1. The quantitative estimate of drug-likeness (QED) is 0.516. The number of nitrogens with one attached hydrogen (secondary N) is 1. The van der Waals surface area contributed by atoms with E-state index in [9.17, 15) is 14.4 Å². The van der Waals surface area contributed by atoms with Gasteiger partial charge in [-0.05, 0) is 57.0 Å². The number of ether oxygens (including phenoxy) is 2. The van der Waals surface area contributed by atoms with Crippen LogP contribution in [0.25, 0.3) is 0 Å². The first kappa shape index (κ1) is 22.2. The second-order valence-corrected chi connectivity index (χ2v) is 7.49. The van der Waals surface area contributed by atoms with Gasteiger partial charge in [-0.15, -0.1) is 0 Å². The Bertz CT molecular complexity index is 1010. The molecule has 0 bridgehead atoms. The molecule has 0 unspecified atom stereocenters. The maximum absolute atomic E-state index is 12.6. The minimum Gasteiger partial charge on any atom is -0.454 e. The number of aromatic nitrogens is 1. The highest BCUT2D eigenvalue weighted by atomic mass is 16.5. The largest absolute Gasteiger partial charge is 0.454 e. The Kier molecular flexibility index (Phi) is 7.21. The van der Waals surface area contributed by atoms with Gasteiger partial charge in [0.25, 0.3) is 0 Å². The van der Waals surface area contributed by atoms with E-state index in [1.165, 1.54) is 24.3 Å². The van der Waals surface area contributed by atoms with Crippen molar-refractivity contribution in [2.24, 2.45) is 0 Å². The Hall–Kier alpha value is -3.44. The van der Waals surface area contributed by atoms with Gasteiger partial charge in [0.2, 0.25) is 11.7 Å². The normalized spacial score (nSPS) is 15.3. The smallest absolute Gasteiger partial charge is 0.338 e. The fraction of sp³-hybridized carbons (Fsp3) is 0.391.